The summed E-state index contributed by atoms with van der Waals surface area (Å²) in [4.78, 5) is 8.48. The summed E-state index contributed by atoms with van der Waals surface area (Å²) in [6, 6.07) is 4.83. The molecule has 2 aromatic rings. The van der Waals surface area contributed by atoms with E-state index in [9.17, 15) is 4.39 Å². The van der Waals surface area contributed by atoms with Gasteiger partial charge in [-0.2, -0.15) is 0 Å². The van der Waals surface area contributed by atoms with Gasteiger partial charge in [0.1, 0.15) is 11.6 Å². The molecule has 0 bridgehead atoms. The molecular formula is C13H13BrFN3. The van der Waals surface area contributed by atoms with Crippen LogP contribution in [0.3, 0.4) is 0 Å². The van der Waals surface area contributed by atoms with Crippen LogP contribution in [0, 0.1) is 12.7 Å². The van der Waals surface area contributed by atoms with E-state index in [4.69, 9.17) is 0 Å². The van der Waals surface area contributed by atoms with Crippen molar-refractivity contribution in [2.45, 2.75) is 13.0 Å². The molecule has 1 atom stereocenters. The van der Waals surface area contributed by atoms with E-state index >= 15 is 0 Å². The quantitative estimate of drug-likeness (QED) is 0.947. The minimum Gasteiger partial charge on any atom is -0.307 e. The molecule has 0 aliphatic carbocycles. The van der Waals surface area contributed by atoms with Crippen LogP contribution in [-0.4, -0.2) is 17.0 Å². The van der Waals surface area contributed by atoms with Crippen LogP contribution < -0.4 is 5.32 Å². The lowest BCUT2D eigenvalue weighted by Crippen LogP contribution is -2.21. The number of aromatic nitrogens is 2. The van der Waals surface area contributed by atoms with Gasteiger partial charge in [0.15, 0.2) is 0 Å². The normalized spacial score (nSPS) is 12.4. The third kappa shape index (κ3) is 2.57. The number of halogens is 2. The summed E-state index contributed by atoms with van der Waals surface area (Å²) < 4.78 is 14.5. The number of rotatable bonds is 3. The van der Waals surface area contributed by atoms with Crippen LogP contribution in [0.4, 0.5) is 4.39 Å². The summed E-state index contributed by atoms with van der Waals surface area (Å²) in [6.45, 7) is 1.91. The van der Waals surface area contributed by atoms with Crippen LogP contribution in [0.25, 0.3) is 0 Å². The number of nitrogens with one attached hydrogen (secondary N) is 1. The Morgan fingerprint density at radius 3 is 2.56 bits per heavy atom. The molecule has 0 saturated carbocycles. The van der Waals surface area contributed by atoms with Gasteiger partial charge in [-0.15, -0.1) is 0 Å². The van der Waals surface area contributed by atoms with Crippen molar-refractivity contribution in [3.8, 4) is 0 Å². The number of nitrogens with zero attached hydrogens (tertiary/aromatic N) is 2. The molecule has 1 heterocycles. The highest BCUT2D eigenvalue weighted by atomic mass is 79.9. The lowest BCUT2D eigenvalue weighted by molar-refractivity contribution is 0.558. The van der Waals surface area contributed by atoms with Crippen LogP contribution >= 0.6 is 15.9 Å². The molecule has 5 heteroatoms. The molecule has 0 aliphatic rings. The highest BCUT2D eigenvalue weighted by Gasteiger charge is 2.19. The topological polar surface area (TPSA) is 37.8 Å². The number of aryl methyl sites for hydroxylation is 1. The first-order chi connectivity index (χ1) is 8.63. The fourth-order valence-corrected chi connectivity index (χ4v) is 2.10. The van der Waals surface area contributed by atoms with E-state index in [-0.39, 0.29) is 11.9 Å². The first-order valence-electron chi connectivity index (χ1n) is 5.53. The summed E-state index contributed by atoms with van der Waals surface area (Å²) in [7, 11) is 1.76. The van der Waals surface area contributed by atoms with Gasteiger partial charge in [-0.05, 0) is 41.5 Å². The smallest absolute Gasteiger partial charge is 0.149 e. The molecule has 0 spiro atoms. The van der Waals surface area contributed by atoms with E-state index in [1.807, 2.05) is 6.92 Å². The Labute approximate surface area is 114 Å². The maximum atomic E-state index is 14.1. The van der Waals surface area contributed by atoms with Crippen molar-refractivity contribution in [3.63, 3.8) is 0 Å². The number of hydrogen-bond acceptors (Lipinski definition) is 3. The van der Waals surface area contributed by atoms with Crippen LogP contribution in [0.5, 0.6) is 0 Å². The maximum Gasteiger partial charge on any atom is 0.149 e. The standard InChI is InChI=1S/C13H13BrFN3/c1-8-6-17-13(18-7-8)12(16-2)9-4-3-5-10(14)11(9)15/h3-7,12,16H,1-2H3. The first kappa shape index (κ1) is 13.1. The molecule has 94 valence electrons. The lowest BCUT2D eigenvalue weighted by atomic mass is 10.1. The van der Waals surface area contributed by atoms with Gasteiger partial charge in [0.2, 0.25) is 0 Å². The Morgan fingerprint density at radius 2 is 1.94 bits per heavy atom. The fraction of sp³-hybridized carbons (Fsp3) is 0.231. The molecule has 2 rings (SSSR count). The Hall–Kier alpha value is -1.33. The van der Waals surface area contributed by atoms with Gasteiger partial charge < -0.3 is 5.32 Å². The van der Waals surface area contributed by atoms with Crippen LogP contribution in [0.1, 0.15) is 23.0 Å². The second kappa shape index (κ2) is 5.54. The van der Waals surface area contributed by atoms with Crippen molar-refractivity contribution in [1.82, 2.24) is 15.3 Å². The molecular weight excluding hydrogens is 297 g/mol. The van der Waals surface area contributed by atoms with Crippen molar-refractivity contribution < 1.29 is 4.39 Å². The number of hydrogen-bond donors (Lipinski definition) is 1. The zero-order valence-electron chi connectivity index (χ0n) is 10.1. The third-order valence-corrected chi connectivity index (χ3v) is 3.25. The van der Waals surface area contributed by atoms with Gasteiger partial charge in [0, 0.05) is 18.0 Å². The average molecular weight is 310 g/mol. The molecule has 0 radical (unpaired) electrons. The second-order valence-electron chi connectivity index (χ2n) is 3.98. The lowest BCUT2D eigenvalue weighted by Gasteiger charge is -2.16. The van der Waals surface area contributed by atoms with E-state index < -0.39 is 0 Å². The zero-order valence-corrected chi connectivity index (χ0v) is 11.7. The summed E-state index contributed by atoms with van der Waals surface area (Å²) in [5, 5.41) is 3.04. The second-order valence-corrected chi connectivity index (χ2v) is 4.84. The average Bonchev–Trinajstić information content (AvgIpc) is 2.37. The third-order valence-electron chi connectivity index (χ3n) is 2.64. The van der Waals surface area contributed by atoms with Crippen LogP contribution in [0.15, 0.2) is 35.1 Å². The molecule has 0 saturated heterocycles. The van der Waals surface area contributed by atoms with Crippen molar-refractivity contribution in [2.24, 2.45) is 0 Å². The van der Waals surface area contributed by atoms with Gasteiger partial charge in [0.05, 0.1) is 10.5 Å². The minimum atomic E-state index is -0.358. The summed E-state index contributed by atoms with van der Waals surface area (Å²) in [5.74, 6) is 0.265. The van der Waals surface area contributed by atoms with Gasteiger partial charge in [-0.1, -0.05) is 12.1 Å². The van der Waals surface area contributed by atoms with Gasteiger partial charge in [0.25, 0.3) is 0 Å². The molecule has 0 aliphatic heterocycles. The van der Waals surface area contributed by atoms with Gasteiger partial charge in [-0.25, -0.2) is 14.4 Å². The monoisotopic (exact) mass is 309 g/mol. The molecule has 0 fully saturated rings. The SMILES string of the molecule is CNC(c1ncc(C)cn1)c1cccc(Br)c1F. The summed E-state index contributed by atoms with van der Waals surface area (Å²) in [5.41, 5.74) is 1.50. The van der Waals surface area contributed by atoms with E-state index in [2.05, 4.69) is 31.2 Å². The highest BCUT2D eigenvalue weighted by Crippen LogP contribution is 2.26. The summed E-state index contributed by atoms with van der Waals surface area (Å²) >= 11 is 3.18. The molecule has 18 heavy (non-hydrogen) atoms. The molecule has 1 unspecified atom stereocenters. The number of benzene rings is 1. The Bertz CT molecular complexity index is 542. The van der Waals surface area contributed by atoms with Gasteiger partial charge in [-0.3, -0.25) is 0 Å². The van der Waals surface area contributed by atoms with Crippen molar-refractivity contribution >= 4 is 15.9 Å². The van der Waals surface area contributed by atoms with Gasteiger partial charge >= 0.3 is 0 Å². The fourth-order valence-electron chi connectivity index (χ4n) is 1.72. The van der Waals surface area contributed by atoms with Crippen molar-refractivity contribution in [1.29, 1.82) is 0 Å². The molecule has 0 amide bonds. The van der Waals surface area contributed by atoms with E-state index in [1.165, 1.54) is 0 Å². The Balaban J connectivity index is 2.45. The predicted molar refractivity (Wildman–Crippen MR) is 71.8 cm³/mol. The van der Waals surface area contributed by atoms with Crippen LogP contribution in [0.2, 0.25) is 0 Å². The Morgan fingerprint density at radius 1 is 1.28 bits per heavy atom. The predicted octanol–water partition coefficient (Wildman–Crippen LogP) is 3.00. The molecule has 3 nitrogen and oxygen atoms in total. The summed E-state index contributed by atoms with van der Waals surface area (Å²) in [6.07, 6.45) is 3.45. The van der Waals surface area contributed by atoms with E-state index in [0.29, 0.717) is 15.9 Å². The maximum absolute atomic E-state index is 14.1. The Kier molecular flexibility index (Phi) is 4.04. The molecule has 1 aromatic carbocycles. The highest BCUT2D eigenvalue weighted by molar-refractivity contribution is 9.10. The zero-order chi connectivity index (χ0) is 13.1. The van der Waals surface area contributed by atoms with Crippen molar-refractivity contribution in [2.75, 3.05) is 7.05 Å². The van der Waals surface area contributed by atoms with E-state index in [0.717, 1.165) is 5.56 Å². The largest absolute Gasteiger partial charge is 0.307 e. The molecule has 1 N–H and O–H groups in total. The minimum absolute atomic E-state index is 0.291. The molecule has 1 aromatic heterocycles. The van der Waals surface area contributed by atoms with E-state index in [1.54, 1.807) is 37.6 Å². The van der Waals surface area contributed by atoms with Crippen molar-refractivity contribution in [3.05, 3.63) is 57.8 Å². The first-order valence-corrected chi connectivity index (χ1v) is 6.32. The van der Waals surface area contributed by atoms with Crippen LogP contribution in [-0.2, 0) is 0 Å².